The van der Waals surface area contributed by atoms with E-state index in [-0.39, 0.29) is 0 Å². The summed E-state index contributed by atoms with van der Waals surface area (Å²) in [6, 6.07) is 15.5. The van der Waals surface area contributed by atoms with Crippen molar-refractivity contribution in [3.8, 4) is 22.8 Å². The Labute approximate surface area is 122 Å². The predicted octanol–water partition coefficient (Wildman–Crippen LogP) is 4.20. The second-order valence-corrected chi connectivity index (χ2v) is 4.76. The molecule has 0 saturated carbocycles. The maximum absolute atomic E-state index is 5.92. The summed E-state index contributed by atoms with van der Waals surface area (Å²) in [6.07, 6.45) is 3.72. The van der Waals surface area contributed by atoms with Crippen LogP contribution in [0.5, 0.6) is 5.75 Å². The number of methoxy groups -OCH3 is 1. The van der Waals surface area contributed by atoms with Crippen LogP contribution in [0.3, 0.4) is 0 Å². The third kappa shape index (κ3) is 2.40. The molecule has 2 aromatic carbocycles. The Morgan fingerprint density at radius 3 is 2.35 bits per heavy atom. The molecular weight excluding hydrogens is 272 g/mol. The predicted molar refractivity (Wildman–Crippen MR) is 80.6 cm³/mol. The largest absolute Gasteiger partial charge is 0.497 e. The molecule has 3 aromatic rings. The van der Waals surface area contributed by atoms with E-state index in [0.29, 0.717) is 0 Å². The molecule has 0 unspecified atom stereocenters. The normalized spacial score (nSPS) is 10.5. The van der Waals surface area contributed by atoms with Gasteiger partial charge in [-0.05, 0) is 48.5 Å². The lowest BCUT2D eigenvalue weighted by atomic mass is 10.2. The number of imidazole rings is 1. The maximum Gasteiger partial charge on any atom is 0.144 e. The van der Waals surface area contributed by atoms with Crippen molar-refractivity contribution < 1.29 is 4.74 Å². The molecule has 3 rings (SSSR count). The third-order valence-electron chi connectivity index (χ3n) is 3.09. The minimum Gasteiger partial charge on any atom is -0.497 e. The molecule has 3 nitrogen and oxygen atoms in total. The highest BCUT2D eigenvalue weighted by Gasteiger charge is 2.07. The molecule has 1 aromatic heterocycles. The van der Waals surface area contributed by atoms with Crippen LogP contribution in [0, 0.1) is 0 Å². The lowest BCUT2D eigenvalue weighted by Crippen LogP contribution is -1.96. The summed E-state index contributed by atoms with van der Waals surface area (Å²) in [7, 11) is 1.66. The summed E-state index contributed by atoms with van der Waals surface area (Å²) >= 11 is 5.92. The van der Waals surface area contributed by atoms with Gasteiger partial charge in [-0.1, -0.05) is 11.6 Å². The molecule has 4 heteroatoms. The standard InChI is InChI=1S/C16H13ClN2O/c1-20-15-8-6-14(7-9-15)19-11-10-18-16(19)12-2-4-13(17)5-3-12/h2-11H,1H3. The van der Waals surface area contributed by atoms with Gasteiger partial charge in [0.15, 0.2) is 0 Å². The van der Waals surface area contributed by atoms with E-state index in [1.165, 1.54) is 0 Å². The smallest absolute Gasteiger partial charge is 0.144 e. The molecule has 0 aliphatic heterocycles. The van der Waals surface area contributed by atoms with E-state index >= 15 is 0 Å². The van der Waals surface area contributed by atoms with Crippen LogP contribution in [0.1, 0.15) is 0 Å². The van der Waals surface area contributed by atoms with E-state index in [2.05, 4.69) is 4.98 Å². The van der Waals surface area contributed by atoms with Crippen LogP contribution in [-0.4, -0.2) is 16.7 Å². The van der Waals surface area contributed by atoms with Crippen molar-refractivity contribution in [2.24, 2.45) is 0 Å². The Morgan fingerprint density at radius 1 is 1.00 bits per heavy atom. The lowest BCUT2D eigenvalue weighted by Gasteiger charge is -2.09. The number of ether oxygens (including phenoxy) is 1. The number of nitrogens with zero attached hydrogens (tertiary/aromatic N) is 2. The maximum atomic E-state index is 5.92. The van der Waals surface area contributed by atoms with E-state index in [1.54, 1.807) is 13.3 Å². The molecular formula is C16H13ClN2O. The number of benzene rings is 2. The molecule has 0 spiro atoms. The van der Waals surface area contributed by atoms with Gasteiger partial charge in [0.25, 0.3) is 0 Å². The minimum atomic E-state index is 0.719. The van der Waals surface area contributed by atoms with Crippen LogP contribution in [0.4, 0.5) is 0 Å². The summed E-state index contributed by atoms with van der Waals surface area (Å²) in [6.45, 7) is 0. The fourth-order valence-corrected chi connectivity index (χ4v) is 2.19. The summed E-state index contributed by atoms with van der Waals surface area (Å²) in [5.74, 6) is 1.72. The number of aromatic nitrogens is 2. The zero-order valence-electron chi connectivity index (χ0n) is 11.0. The highest BCUT2D eigenvalue weighted by Crippen LogP contribution is 2.24. The van der Waals surface area contributed by atoms with E-state index in [4.69, 9.17) is 16.3 Å². The van der Waals surface area contributed by atoms with Crippen molar-refractivity contribution in [2.75, 3.05) is 7.11 Å². The summed E-state index contributed by atoms with van der Waals surface area (Å²) in [4.78, 5) is 4.42. The molecule has 0 amide bonds. The molecule has 0 N–H and O–H groups in total. The summed E-state index contributed by atoms with van der Waals surface area (Å²) in [5.41, 5.74) is 2.06. The first-order valence-corrected chi connectivity index (χ1v) is 6.59. The molecule has 20 heavy (non-hydrogen) atoms. The molecule has 0 aliphatic rings. The Morgan fingerprint density at radius 2 is 1.70 bits per heavy atom. The quantitative estimate of drug-likeness (QED) is 0.721. The topological polar surface area (TPSA) is 27.1 Å². The van der Waals surface area contributed by atoms with Gasteiger partial charge in [0.2, 0.25) is 0 Å². The van der Waals surface area contributed by atoms with Crippen molar-refractivity contribution in [3.05, 3.63) is 65.9 Å². The summed E-state index contributed by atoms with van der Waals surface area (Å²) in [5, 5.41) is 0.719. The number of hydrogen-bond acceptors (Lipinski definition) is 2. The van der Waals surface area contributed by atoms with Crippen molar-refractivity contribution in [1.29, 1.82) is 0 Å². The Hall–Kier alpha value is -2.26. The fraction of sp³-hybridized carbons (Fsp3) is 0.0625. The van der Waals surface area contributed by atoms with Crippen LogP contribution >= 0.6 is 11.6 Å². The molecule has 0 fully saturated rings. The van der Waals surface area contributed by atoms with Gasteiger partial charge in [-0.25, -0.2) is 4.98 Å². The van der Waals surface area contributed by atoms with E-state index in [1.807, 2.05) is 59.3 Å². The van der Waals surface area contributed by atoms with Crippen LogP contribution in [-0.2, 0) is 0 Å². The third-order valence-corrected chi connectivity index (χ3v) is 3.35. The van der Waals surface area contributed by atoms with Gasteiger partial charge in [0.05, 0.1) is 7.11 Å². The zero-order chi connectivity index (χ0) is 13.9. The van der Waals surface area contributed by atoms with E-state index < -0.39 is 0 Å². The second kappa shape index (κ2) is 5.39. The first-order valence-electron chi connectivity index (χ1n) is 6.21. The SMILES string of the molecule is COc1ccc(-n2ccnc2-c2ccc(Cl)cc2)cc1. The average Bonchev–Trinajstić information content (AvgIpc) is 2.97. The van der Waals surface area contributed by atoms with Gasteiger partial charge in [-0.2, -0.15) is 0 Å². The molecule has 0 radical (unpaired) electrons. The first kappa shape index (κ1) is 12.8. The van der Waals surface area contributed by atoms with Gasteiger partial charge < -0.3 is 4.74 Å². The lowest BCUT2D eigenvalue weighted by molar-refractivity contribution is 0.415. The Kier molecular flexibility index (Phi) is 3.44. The fourth-order valence-electron chi connectivity index (χ4n) is 2.07. The Bertz CT molecular complexity index is 702. The Balaban J connectivity index is 2.02. The van der Waals surface area contributed by atoms with E-state index in [0.717, 1.165) is 27.8 Å². The molecule has 0 atom stereocenters. The summed E-state index contributed by atoms with van der Waals surface area (Å²) < 4.78 is 7.21. The highest BCUT2D eigenvalue weighted by atomic mass is 35.5. The molecule has 1 heterocycles. The highest BCUT2D eigenvalue weighted by molar-refractivity contribution is 6.30. The van der Waals surface area contributed by atoms with Crippen LogP contribution in [0.25, 0.3) is 17.1 Å². The van der Waals surface area contributed by atoms with Crippen molar-refractivity contribution in [2.45, 2.75) is 0 Å². The molecule has 0 saturated heterocycles. The average molecular weight is 285 g/mol. The first-order chi connectivity index (χ1) is 9.78. The van der Waals surface area contributed by atoms with Crippen molar-refractivity contribution >= 4 is 11.6 Å². The number of hydrogen-bond donors (Lipinski definition) is 0. The van der Waals surface area contributed by atoms with Crippen molar-refractivity contribution in [3.63, 3.8) is 0 Å². The monoisotopic (exact) mass is 284 g/mol. The van der Waals surface area contributed by atoms with Gasteiger partial charge in [-0.3, -0.25) is 4.57 Å². The van der Waals surface area contributed by atoms with Crippen molar-refractivity contribution in [1.82, 2.24) is 9.55 Å². The van der Waals surface area contributed by atoms with Gasteiger partial charge >= 0.3 is 0 Å². The number of halogens is 1. The van der Waals surface area contributed by atoms with Crippen LogP contribution < -0.4 is 4.74 Å². The van der Waals surface area contributed by atoms with Gasteiger partial charge in [-0.15, -0.1) is 0 Å². The van der Waals surface area contributed by atoms with Crippen LogP contribution in [0.2, 0.25) is 5.02 Å². The molecule has 0 aliphatic carbocycles. The zero-order valence-corrected chi connectivity index (χ0v) is 11.7. The molecule has 100 valence electrons. The minimum absolute atomic E-state index is 0.719. The van der Waals surface area contributed by atoms with Gasteiger partial charge in [0, 0.05) is 28.7 Å². The van der Waals surface area contributed by atoms with E-state index in [9.17, 15) is 0 Å². The van der Waals surface area contributed by atoms with Gasteiger partial charge in [0.1, 0.15) is 11.6 Å². The van der Waals surface area contributed by atoms with Crippen LogP contribution in [0.15, 0.2) is 60.9 Å². The second-order valence-electron chi connectivity index (χ2n) is 4.33. The molecule has 0 bridgehead atoms. The number of rotatable bonds is 3.